The second kappa shape index (κ2) is 6.26. The van der Waals surface area contributed by atoms with Gasteiger partial charge in [-0.1, -0.05) is 19.1 Å². The van der Waals surface area contributed by atoms with E-state index in [1.165, 1.54) is 5.56 Å². The molecule has 0 bridgehead atoms. The van der Waals surface area contributed by atoms with E-state index >= 15 is 0 Å². The minimum atomic E-state index is 0.0405. The average Bonchev–Trinajstić information content (AvgIpc) is 2.86. The highest BCUT2D eigenvalue weighted by molar-refractivity contribution is 9.10. The summed E-state index contributed by atoms with van der Waals surface area (Å²) in [5.41, 5.74) is 8.37. The number of likely N-dealkylation sites (N-methyl/N-ethyl adjacent to an activating group) is 1. The number of anilines is 1. The van der Waals surface area contributed by atoms with Crippen molar-refractivity contribution in [3.8, 4) is 0 Å². The summed E-state index contributed by atoms with van der Waals surface area (Å²) >= 11 is 3.33. The number of hydrogen-bond acceptors (Lipinski definition) is 3. The molecule has 0 amide bonds. The van der Waals surface area contributed by atoms with E-state index in [4.69, 9.17) is 10.2 Å². The Balaban J connectivity index is 2.22. The van der Waals surface area contributed by atoms with Crippen LogP contribution in [0.3, 0.4) is 0 Å². The number of rotatable bonds is 5. The summed E-state index contributed by atoms with van der Waals surface area (Å²) in [6.07, 6.45) is 1.05. The van der Waals surface area contributed by atoms with Crippen molar-refractivity contribution in [2.24, 2.45) is 5.73 Å². The van der Waals surface area contributed by atoms with E-state index < -0.39 is 0 Å². The molecule has 0 spiro atoms. The van der Waals surface area contributed by atoms with Crippen LogP contribution in [0.15, 0.2) is 45.5 Å². The highest BCUT2D eigenvalue weighted by Crippen LogP contribution is 2.28. The Bertz CT molecular complexity index is 521. The van der Waals surface area contributed by atoms with Crippen LogP contribution < -0.4 is 10.6 Å². The number of nitrogens with zero attached hydrogens (tertiary/aromatic N) is 1. The van der Waals surface area contributed by atoms with E-state index in [1.807, 2.05) is 19.2 Å². The van der Waals surface area contributed by atoms with Crippen molar-refractivity contribution in [3.05, 3.63) is 52.4 Å². The molecule has 0 aliphatic carbocycles. The molecule has 0 radical (unpaired) electrons. The molecule has 1 aromatic heterocycles. The Morgan fingerprint density at radius 2 is 1.89 bits per heavy atom. The lowest BCUT2D eigenvalue weighted by Gasteiger charge is -2.27. The van der Waals surface area contributed by atoms with E-state index in [2.05, 4.69) is 52.0 Å². The molecule has 2 N–H and O–H groups in total. The smallest absolute Gasteiger partial charge is 0.169 e. The maximum Gasteiger partial charge on any atom is 0.169 e. The summed E-state index contributed by atoms with van der Waals surface area (Å²) in [4.78, 5) is 2.14. The second-order valence-electron chi connectivity index (χ2n) is 4.52. The molecule has 4 heteroatoms. The maximum atomic E-state index is 5.89. The minimum absolute atomic E-state index is 0.0405. The number of nitrogens with two attached hydrogens (primary N) is 1. The Kier molecular flexibility index (Phi) is 4.66. The van der Waals surface area contributed by atoms with Crippen LogP contribution >= 0.6 is 15.9 Å². The summed E-state index contributed by atoms with van der Waals surface area (Å²) in [5, 5.41) is 0. The predicted molar refractivity (Wildman–Crippen MR) is 82.4 cm³/mol. The molecule has 2 rings (SSSR count). The van der Waals surface area contributed by atoms with Crippen molar-refractivity contribution in [3.63, 3.8) is 0 Å². The van der Waals surface area contributed by atoms with Gasteiger partial charge in [-0.05, 0) is 52.2 Å². The third-order valence-corrected chi connectivity index (χ3v) is 3.79. The van der Waals surface area contributed by atoms with Crippen molar-refractivity contribution in [1.29, 1.82) is 0 Å². The molecule has 2 aromatic rings. The van der Waals surface area contributed by atoms with Crippen molar-refractivity contribution in [2.45, 2.75) is 19.4 Å². The molecule has 1 unspecified atom stereocenters. The van der Waals surface area contributed by atoms with Crippen LogP contribution in [0.2, 0.25) is 0 Å². The SMILES string of the molecule is CCc1ccc(N(C)C(CN)c2ccc(Br)o2)cc1. The van der Waals surface area contributed by atoms with Gasteiger partial charge in [0.15, 0.2) is 4.67 Å². The topological polar surface area (TPSA) is 42.4 Å². The van der Waals surface area contributed by atoms with Gasteiger partial charge in [-0.15, -0.1) is 0 Å². The van der Waals surface area contributed by atoms with Crippen LogP contribution in [0.5, 0.6) is 0 Å². The highest BCUT2D eigenvalue weighted by atomic mass is 79.9. The van der Waals surface area contributed by atoms with E-state index in [0.717, 1.165) is 22.5 Å². The van der Waals surface area contributed by atoms with Gasteiger partial charge in [0.05, 0.1) is 6.04 Å². The number of benzene rings is 1. The molecule has 0 saturated carbocycles. The quantitative estimate of drug-likeness (QED) is 0.911. The summed E-state index contributed by atoms with van der Waals surface area (Å²) < 4.78 is 6.35. The van der Waals surface area contributed by atoms with E-state index in [1.54, 1.807) is 0 Å². The fourth-order valence-electron chi connectivity index (χ4n) is 2.12. The third kappa shape index (κ3) is 3.19. The molecule has 102 valence electrons. The Hall–Kier alpha value is -1.26. The first kappa shape index (κ1) is 14.2. The highest BCUT2D eigenvalue weighted by Gasteiger charge is 2.19. The van der Waals surface area contributed by atoms with Gasteiger partial charge in [0.2, 0.25) is 0 Å². The standard InChI is InChI=1S/C15H19BrN2O/c1-3-11-4-6-12(7-5-11)18(2)13(10-17)14-8-9-15(16)19-14/h4-9,13H,3,10,17H2,1-2H3. The van der Waals surface area contributed by atoms with Crippen LogP contribution in [0.25, 0.3) is 0 Å². The first-order valence-corrected chi connectivity index (χ1v) is 7.22. The van der Waals surface area contributed by atoms with E-state index in [-0.39, 0.29) is 6.04 Å². The van der Waals surface area contributed by atoms with Crippen LogP contribution in [-0.2, 0) is 6.42 Å². The average molecular weight is 323 g/mol. The minimum Gasteiger partial charge on any atom is -0.452 e. The molecule has 1 aromatic carbocycles. The molecule has 1 heterocycles. The lowest BCUT2D eigenvalue weighted by atomic mass is 10.1. The molecule has 0 saturated heterocycles. The normalized spacial score (nSPS) is 12.4. The number of aryl methyl sites for hydroxylation is 1. The number of hydrogen-bond donors (Lipinski definition) is 1. The van der Waals surface area contributed by atoms with Gasteiger partial charge in [-0.2, -0.15) is 0 Å². The predicted octanol–water partition coefficient (Wildman–Crippen LogP) is 3.74. The van der Waals surface area contributed by atoms with Crippen molar-refractivity contribution < 1.29 is 4.42 Å². The second-order valence-corrected chi connectivity index (χ2v) is 5.31. The molecule has 0 fully saturated rings. The summed E-state index contributed by atoms with van der Waals surface area (Å²) in [7, 11) is 2.04. The van der Waals surface area contributed by atoms with Crippen LogP contribution in [0, 0.1) is 0 Å². The zero-order valence-electron chi connectivity index (χ0n) is 11.3. The Labute approximate surface area is 122 Å². The first-order valence-electron chi connectivity index (χ1n) is 6.42. The third-order valence-electron chi connectivity index (χ3n) is 3.37. The molecular weight excluding hydrogens is 304 g/mol. The molecule has 0 aliphatic rings. The molecule has 1 atom stereocenters. The van der Waals surface area contributed by atoms with Crippen LogP contribution in [0.1, 0.15) is 24.3 Å². The van der Waals surface area contributed by atoms with Gasteiger partial charge in [-0.3, -0.25) is 0 Å². The van der Waals surface area contributed by atoms with Gasteiger partial charge in [0, 0.05) is 19.3 Å². The molecule has 19 heavy (non-hydrogen) atoms. The number of furan rings is 1. The van der Waals surface area contributed by atoms with Gasteiger partial charge >= 0.3 is 0 Å². The zero-order valence-corrected chi connectivity index (χ0v) is 12.9. The fraction of sp³-hybridized carbons (Fsp3) is 0.333. The lowest BCUT2D eigenvalue weighted by Crippen LogP contribution is -2.30. The summed E-state index contributed by atoms with van der Waals surface area (Å²) in [6, 6.07) is 12.4. The number of halogens is 1. The Morgan fingerprint density at radius 3 is 2.37 bits per heavy atom. The van der Waals surface area contributed by atoms with Gasteiger partial charge in [-0.25, -0.2) is 0 Å². The summed E-state index contributed by atoms with van der Waals surface area (Å²) in [6.45, 7) is 2.66. The lowest BCUT2D eigenvalue weighted by molar-refractivity contribution is 0.444. The van der Waals surface area contributed by atoms with Gasteiger partial charge in [0.25, 0.3) is 0 Å². The first-order chi connectivity index (χ1) is 9.15. The Morgan fingerprint density at radius 1 is 1.21 bits per heavy atom. The van der Waals surface area contributed by atoms with Crippen LogP contribution in [-0.4, -0.2) is 13.6 Å². The monoisotopic (exact) mass is 322 g/mol. The van der Waals surface area contributed by atoms with Crippen molar-refractivity contribution in [2.75, 3.05) is 18.5 Å². The van der Waals surface area contributed by atoms with Gasteiger partial charge in [0.1, 0.15) is 5.76 Å². The zero-order chi connectivity index (χ0) is 13.8. The maximum absolute atomic E-state index is 5.89. The largest absolute Gasteiger partial charge is 0.452 e. The van der Waals surface area contributed by atoms with Crippen molar-refractivity contribution in [1.82, 2.24) is 0 Å². The van der Waals surface area contributed by atoms with Crippen LogP contribution in [0.4, 0.5) is 5.69 Å². The molecular formula is C15H19BrN2O. The molecule has 0 aliphatic heterocycles. The van der Waals surface area contributed by atoms with Gasteiger partial charge < -0.3 is 15.1 Å². The van der Waals surface area contributed by atoms with E-state index in [0.29, 0.717) is 6.54 Å². The molecule has 3 nitrogen and oxygen atoms in total. The van der Waals surface area contributed by atoms with E-state index in [9.17, 15) is 0 Å². The summed E-state index contributed by atoms with van der Waals surface area (Å²) in [5.74, 6) is 0.872. The van der Waals surface area contributed by atoms with Crippen molar-refractivity contribution >= 4 is 21.6 Å². The fourth-order valence-corrected chi connectivity index (χ4v) is 2.44.